The van der Waals surface area contributed by atoms with Gasteiger partial charge in [0.15, 0.2) is 24.6 Å². The molecular weight excluding hydrogens is 316 g/mol. The zero-order valence-electron chi connectivity index (χ0n) is 13.4. The number of likely N-dealkylation sites (tertiary alicyclic amines) is 1. The maximum absolute atomic E-state index is 11.2. The Bertz CT molecular complexity index is 612. The summed E-state index contributed by atoms with van der Waals surface area (Å²) >= 11 is 0. The van der Waals surface area contributed by atoms with E-state index in [1.54, 1.807) is 23.0 Å². The van der Waals surface area contributed by atoms with Gasteiger partial charge in [-0.3, -0.25) is 4.90 Å². The molecule has 0 aromatic carbocycles. The third-order valence-corrected chi connectivity index (χ3v) is 4.88. The molecule has 132 valence electrons. The van der Waals surface area contributed by atoms with Crippen molar-refractivity contribution in [1.82, 2.24) is 4.90 Å². The third kappa shape index (κ3) is 3.03. The number of pyridine rings is 1. The molecule has 0 unspecified atom stereocenters. The lowest BCUT2D eigenvalue weighted by Crippen LogP contribution is -2.63. The molecule has 2 aliphatic heterocycles. The van der Waals surface area contributed by atoms with Gasteiger partial charge in [-0.2, -0.15) is 4.57 Å². The van der Waals surface area contributed by atoms with Crippen molar-refractivity contribution in [2.75, 3.05) is 13.6 Å². The van der Waals surface area contributed by atoms with Crippen LogP contribution in [0.3, 0.4) is 0 Å². The van der Waals surface area contributed by atoms with Gasteiger partial charge in [0, 0.05) is 17.7 Å². The van der Waals surface area contributed by atoms with Gasteiger partial charge in [0.25, 0.3) is 6.23 Å². The van der Waals surface area contributed by atoms with Crippen LogP contribution in [0.25, 0.3) is 0 Å². The first-order valence-corrected chi connectivity index (χ1v) is 8.03. The van der Waals surface area contributed by atoms with Crippen LogP contribution in [-0.4, -0.2) is 69.3 Å². The molecule has 1 aromatic rings. The molecule has 0 amide bonds. The van der Waals surface area contributed by atoms with E-state index in [2.05, 4.69) is 4.90 Å². The number of carboxylic acid groups (broad SMARTS) is 1. The summed E-state index contributed by atoms with van der Waals surface area (Å²) in [5.41, 5.74) is 1.03. The van der Waals surface area contributed by atoms with E-state index in [-0.39, 0.29) is 6.04 Å². The number of carbonyl (C=O) groups is 1. The molecule has 2 fully saturated rings. The number of aliphatic carboxylic acids is 1. The minimum atomic E-state index is -1.68. The van der Waals surface area contributed by atoms with Crippen LogP contribution in [0.5, 0.6) is 0 Å². The second-order valence-corrected chi connectivity index (χ2v) is 6.48. The van der Waals surface area contributed by atoms with Crippen LogP contribution < -0.4 is 4.57 Å². The Morgan fingerprint density at radius 2 is 2.04 bits per heavy atom. The quantitative estimate of drug-likeness (QED) is 0.512. The van der Waals surface area contributed by atoms with Gasteiger partial charge in [0.05, 0.1) is 0 Å². The Labute approximate surface area is 139 Å². The fourth-order valence-electron chi connectivity index (χ4n) is 3.51. The lowest BCUT2D eigenvalue weighted by Gasteiger charge is -2.35. The van der Waals surface area contributed by atoms with Crippen LogP contribution in [0.2, 0.25) is 0 Å². The largest absolute Gasteiger partial charge is 0.479 e. The maximum atomic E-state index is 11.2. The van der Waals surface area contributed by atoms with E-state index in [9.17, 15) is 20.1 Å². The molecule has 6 atom stereocenters. The summed E-state index contributed by atoms with van der Waals surface area (Å²) in [5, 5.41) is 39.1. The summed E-state index contributed by atoms with van der Waals surface area (Å²) in [4.78, 5) is 13.5. The minimum Gasteiger partial charge on any atom is -0.479 e. The van der Waals surface area contributed by atoms with Crippen LogP contribution in [0.1, 0.15) is 30.7 Å². The summed E-state index contributed by atoms with van der Waals surface area (Å²) in [6.07, 6.45) is -1.84. The molecule has 0 spiro atoms. The smallest absolute Gasteiger partial charge is 0.335 e. The first kappa shape index (κ1) is 17.2. The van der Waals surface area contributed by atoms with Crippen molar-refractivity contribution in [3.8, 4) is 0 Å². The summed E-state index contributed by atoms with van der Waals surface area (Å²) < 4.78 is 6.92. The molecule has 3 heterocycles. The number of rotatable bonds is 3. The highest BCUT2D eigenvalue weighted by atomic mass is 16.6. The standard InChI is InChI=1S/C16H22N2O6/c1-17-6-3-5-10(17)9-4-2-7-18(8-9)15-13(21)11(19)12(20)14(24-15)16(22)23/h2,4,7-8,10-15,19-21H,3,5-6H2,1H3/p+1/t10-,11+,12+,13-,14+,15-/m1/s1. The van der Waals surface area contributed by atoms with Crippen molar-refractivity contribution in [2.24, 2.45) is 0 Å². The lowest BCUT2D eigenvalue weighted by atomic mass is 9.97. The first-order valence-electron chi connectivity index (χ1n) is 8.03. The van der Waals surface area contributed by atoms with E-state index in [0.717, 1.165) is 24.9 Å². The minimum absolute atomic E-state index is 0.254. The fourth-order valence-corrected chi connectivity index (χ4v) is 3.51. The van der Waals surface area contributed by atoms with Gasteiger partial charge in [0.1, 0.15) is 12.2 Å². The molecule has 1 aromatic heterocycles. The molecule has 0 bridgehead atoms. The molecule has 0 radical (unpaired) electrons. The molecule has 0 saturated carbocycles. The average molecular weight is 339 g/mol. The Morgan fingerprint density at radius 3 is 2.67 bits per heavy atom. The Hall–Kier alpha value is -1.58. The average Bonchev–Trinajstić information content (AvgIpc) is 2.99. The SMILES string of the molecule is CN1CCC[C@@H]1c1ccc[n+]([C@@H]2O[C@H](C(=O)O)[C@@H](O)[C@H](O)[C@H]2O)c1. The topological polar surface area (TPSA) is 114 Å². The van der Waals surface area contributed by atoms with Crippen molar-refractivity contribution in [3.05, 3.63) is 30.1 Å². The highest BCUT2D eigenvalue weighted by molar-refractivity contribution is 5.73. The van der Waals surface area contributed by atoms with Gasteiger partial charge in [-0.15, -0.1) is 0 Å². The Morgan fingerprint density at radius 1 is 1.29 bits per heavy atom. The molecule has 24 heavy (non-hydrogen) atoms. The van der Waals surface area contributed by atoms with Gasteiger partial charge in [0.2, 0.25) is 0 Å². The number of aromatic nitrogens is 1. The maximum Gasteiger partial charge on any atom is 0.335 e. The Balaban J connectivity index is 1.88. The number of hydrogen-bond acceptors (Lipinski definition) is 6. The number of aliphatic hydroxyl groups excluding tert-OH is 3. The molecule has 8 nitrogen and oxygen atoms in total. The molecule has 3 rings (SSSR count). The zero-order chi connectivity index (χ0) is 17.4. The van der Waals surface area contributed by atoms with Gasteiger partial charge in [-0.05, 0) is 32.5 Å². The number of aliphatic hydroxyl groups is 3. The van der Waals surface area contributed by atoms with E-state index < -0.39 is 36.6 Å². The van der Waals surface area contributed by atoms with Crippen LogP contribution in [0.4, 0.5) is 0 Å². The summed E-state index contributed by atoms with van der Waals surface area (Å²) in [7, 11) is 2.04. The van der Waals surface area contributed by atoms with Gasteiger partial charge >= 0.3 is 5.97 Å². The number of nitrogens with zero attached hydrogens (tertiary/aromatic N) is 2. The molecular formula is C16H23N2O6+. The second-order valence-electron chi connectivity index (χ2n) is 6.48. The van der Waals surface area contributed by atoms with Crippen molar-refractivity contribution >= 4 is 5.97 Å². The van der Waals surface area contributed by atoms with Crippen LogP contribution in [-0.2, 0) is 9.53 Å². The van der Waals surface area contributed by atoms with Crippen molar-refractivity contribution in [2.45, 2.75) is 49.5 Å². The van der Waals surface area contributed by atoms with Gasteiger partial charge < -0.3 is 25.2 Å². The first-order chi connectivity index (χ1) is 11.4. The Kier molecular flexibility index (Phi) is 4.84. The highest BCUT2D eigenvalue weighted by Crippen LogP contribution is 2.30. The monoisotopic (exact) mass is 339 g/mol. The predicted octanol–water partition coefficient (Wildman–Crippen LogP) is -1.19. The van der Waals surface area contributed by atoms with E-state index in [1.807, 2.05) is 13.1 Å². The van der Waals surface area contributed by atoms with Crippen LogP contribution >= 0.6 is 0 Å². The molecule has 2 aliphatic rings. The normalized spacial score (nSPS) is 37.5. The molecule has 0 aliphatic carbocycles. The zero-order valence-corrected chi connectivity index (χ0v) is 13.4. The number of ether oxygens (including phenoxy) is 1. The van der Waals surface area contributed by atoms with Crippen molar-refractivity contribution < 1.29 is 34.5 Å². The van der Waals surface area contributed by atoms with Crippen molar-refractivity contribution in [3.63, 3.8) is 0 Å². The van der Waals surface area contributed by atoms with Crippen LogP contribution in [0, 0.1) is 0 Å². The number of hydrogen-bond donors (Lipinski definition) is 4. The summed E-state index contributed by atoms with van der Waals surface area (Å²) in [5.74, 6) is -1.38. The molecule has 2 saturated heterocycles. The van der Waals surface area contributed by atoms with Crippen molar-refractivity contribution in [1.29, 1.82) is 0 Å². The molecule has 4 N–H and O–H groups in total. The molecule has 8 heteroatoms. The van der Waals surface area contributed by atoms with E-state index in [0.29, 0.717) is 0 Å². The lowest BCUT2D eigenvalue weighted by molar-refractivity contribution is -0.777. The second kappa shape index (κ2) is 6.73. The highest BCUT2D eigenvalue weighted by Gasteiger charge is 2.51. The van der Waals surface area contributed by atoms with Gasteiger partial charge in [-0.1, -0.05) is 0 Å². The van der Waals surface area contributed by atoms with Crippen LogP contribution in [0.15, 0.2) is 24.5 Å². The predicted molar refractivity (Wildman–Crippen MR) is 80.8 cm³/mol. The third-order valence-electron chi connectivity index (χ3n) is 4.88. The van der Waals surface area contributed by atoms with E-state index >= 15 is 0 Å². The summed E-state index contributed by atoms with van der Waals surface area (Å²) in [6.45, 7) is 1.01. The van der Waals surface area contributed by atoms with E-state index in [1.165, 1.54) is 0 Å². The fraction of sp³-hybridized carbons (Fsp3) is 0.625. The van der Waals surface area contributed by atoms with Gasteiger partial charge in [-0.25, -0.2) is 4.79 Å². The van der Waals surface area contributed by atoms with E-state index in [4.69, 9.17) is 9.84 Å². The summed E-state index contributed by atoms with van der Waals surface area (Å²) in [6, 6.07) is 4.02. The number of carboxylic acids is 1.